The van der Waals surface area contributed by atoms with Gasteiger partial charge in [0.25, 0.3) is 0 Å². The van der Waals surface area contributed by atoms with E-state index in [1.165, 1.54) is 7.11 Å². The van der Waals surface area contributed by atoms with Crippen molar-refractivity contribution >= 4 is 29.3 Å². The van der Waals surface area contributed by atoms with E-state index in [4.69, 9.17) is 14.0 Å². The first-order chi connectivity index (χ1) is 10.8. The second kappa shape index (κ2) is 5.36. The van der Waals surface area contributed by atoms with Crippen LogP contribution in [0.4, 0.5) is 0 Å². The average molecular weight is 312 g/mol. The largest absolute Gasteiger partial charge is 0.495 e. The summed E-state index contributed by atoms with van der Waals surface area (Å²) in [6.07, 6.45) is 0. The van der Waals surface area contributed by atoms with E-state index in [-0.39, 0.29) is 5.97 Å². The Morgan fingerprint density at radius 3 is 2.22 bits per heavy atom. The molecule has 1 aliphatic rings. The number of fused-ring (bicyclic) bond motifs is 1. The molecule has 1 saturated heterocycles. The zero-order chi connectivity index (χ0) is 16.8. The predicted molar refractivity (Wildman–Crippen MR) is 91.0 cm³/mol. The Hall–Kier alpha value is -1.85. The molecular formula is C18H21BO4. The molecule has 0 aliphatic carbocycles. The van der Waals surface area contributed by atoms with E-state index in [2.05, 4.69) is 0 Å². The lowest BCUT2D eigenvalue weighted by molar-refractivity contribution is 0.00578. The fraction of sp³-hybridized carbons (Fsp3) is 0.389. The quantitative estimate of drug-likeness (QED) is 0.632. The van der Waals surface area contributed by atoms with Gasteiger partial charge in [0.1, 0.15) is 0 Å². The smallest absolute Gasteiger partial charge is 0.465 e. The molecule has 0 N–H and O–H groups in total. The maximum absolute atomic E-state index is 12.4. The summed E-state index contributed by atoms with van der Waals surface area (Å²) in [5.74, 6) is -0.383. The number of methoxy groups -OCH3 is 1. The summed E-state index contributed by atoms with van der Waals surface area (Å²) in [6, 6.07) is 11.6. The summed E-state index contributed by atoms with van der Waals surface area (Å²) >= 11 is 0. The fourth-order valence-corrected chi connectivity index (χ4v) is 2.78. The van der Waals surface area contributed by atoms with Gasteiger partial charge >= 0.3 is 13.1 Å². The van der Waals surface area contributed by atoms with Gasteiger partial charge in [0, 0.05) is 0 Å². The molecule has 23 heavy (non-hydrogen) atoms. The third kappa shape index (κ3) is 2.54. The van der Waals surface area contributed by atoms with E-state index in [9.17, 15) is 4.79 Å². The molecule has 0 saturated carbocycles. The molecule has 3 rings (SSSR count). The number of hydrogen-bond acceptors (Lipinski definition) is 4. The molecule has 120 valence electrons. The van der Waals surface area contributed by atoms with Gasteiger partial charge in [-0.3, -0.25) is 0 Å². The summed E-state index contributed by atoms with van der Waals surface area (Å²) in [4.78, 5) is 12.4. The highest BCUT2D eigenvalue weighted by molar-refractivity contribution is 6.64. The fourth-order valence-electron chi connectivity index (χ4n) is 2.78. The van der Waals surface area contributed by atoms with Crippen LogP contribution in [0.25, 0.3) is 10.8 Å². The zero-order valence-corrected chi connectivity index (χ0v) is 14.2. The zero-order valence-electron chi connectivity index (χ0n) is 14.2. The van der Waals surface area contributed by atoms with Gasteiger partial charge in [-0.05, 0) is 43.9 Å². The molecule has 0 unspecified atom stereocenters. The first-order valence-electron chi connectivity index (χ1n) is 7.72. The predicted octanol–water partition coefficient (Wildman–Crippen LogP) is 2.93. The average Bonchev–Trinajstić information content (AvgIpc) is 2.73. The van der Waals surface area contributed by atoms with Crippen LogP contribution in [0.1, 0.15) is 38.1 Å². The van der Waals surface area contributed by atoms with Crippen LogP contribution >= 0.6 is 0 Å². The number of ether oxygens (including phenoxy) is 1. The third-order valence-electron chi connectivity index (χ3n) is 4.86. The Bertz CT molecular complexity index is 751. The van der Waals surface area contributed by atoms with Crippen molar-refractivity contribution in [3.63, 3.8) is 0 Å². The molecule has 2 aromatic carbocycles. The van der Waals surface area contributed by atoms with Crippen LogP contribution in [0.3, 0.4) is 0 Å². The van der Waals surface area contributed by atoms with E-state index in [0.717, 1.165) is 10.8 Å². The number of rotatable bonds is 2. The Morgan fingerprint density at radius 1 is 1.00 bits per heavy atom. The number of benzene rings is 2. The highest BCUT2D eigenvalue weighted by Crippen LogP contribution is 2.37. The maximum Gasteiger partial charge on any atom is 0.495 e. The highest BCUT2D eigenvalue weighted by Gasteiger charge is 2.52. The summed E-state index contributed by atoms with van der Waals surface area (Å²) in [6.45, 7) is 7.97. The lowest BCUT2D eigenvalue weighted by Crippen LogP contribution is -2.41. The van der Waals surface area contributed by atoms with Crippen molar-refractivity contribution in [1.29, 1.82) is 0 Å². The monoisotopic (exact) mass is 312 g/mol. The SMILES string of the molecule is COC(=O)c1c(B2OC(C)(C)C(C)(C)O2)ccc2ccccc12. The van der Waals surface area contributed by atoms with Crippen LogP contribution in [0.2, 0.25) is 0 Å². The van der Waals surface area contributed by atoms with Crippen molar-refractivity contribution in [2.45, 2.75) is 38.9 Å². The van der Waals surface area contributed by atoms with Crippen molar-refractivity contribution in [1.82, 2.24) is 0 Å². The Balaban J connectivity index is 2.17. The van der Waals surface area contributed by atoms with Gasteiger partial charge in [-0.25, -0.2) is 4.79 Å². The minimum Gasteiger partial charge on any atom is -0.465 e. The van der Waals surface area contributed by atoms with Crippen LogP contribution in [-0.4, -0.2) is 31.4 Å². The molecule has 1 aliphatic heterocycles. The molecule has 0 amide bonds. The number of carbonyl (C=O) groups excluding carboxylic acids is 1. The molecular weight excluding hydrogens is 291 g/mol. The molecule has 0 atom stereocenters. The maximum atomic E-state index is 12.4. The van der Waals surface area contributed by atoms with Crippen molar-refractivity contribution in [2.24, 2.45) is 0 Å². The molecule has 4 nitrogen and oxygen atoms in total. The second-order valence-electron chi connectivity index (χ2n) is 6.83. The standard InChI is InChI=1S/C18H21BO4/c1-17(2)18(3,4)23-19(22-17)14-11-10-12-8-6-7-9-13(12)15(14)16(20)21-5/h6-11H,1-5H3. The lowest BCUT2D eigenvalue weighted by atomic mass is 9.74. The van der Waals surface area contributed by atoms with Crippen molar-refractivity contribution in [3.8, 4) is 0 Å². The number of hydrogen-bond donors (Lipinski definition) is 0. The van der Waals surface area contributed by atoms with Crippen LogP contribution in [0, 0.1) is 0 Å². The summed E-state index contributed by atoms with van der Waals surface area (Å²) < 4.78 is 17.2. The summed E-state index contributed by atoms with van der Waals surface area (Å²) in [5, 5.41) is 1.82. The van der Waals surface area contributed by atoms with Gasteiger partial charge in [0.15, 0.2) is 0 Å². The van der Waals surface area contributed by atoms with Crippen LogP contribution in [0.5, 0.6) is 0 Å². The molecule has 0 radical (unpaired) electrons. The second-order valence-corrected chi connectivity index (χ2v) is 6.83. The summed E-state index contributed by atoms with van der Waals surface area (Å²) in [5.41, 5.74) is 0.284. The minimum atomic E-state index is -0.598. The molecule has 5 heteroatoms. The van der Waals surface area contributed by atoms with Gasteiger partial charge in [-0.2, -0.15) is 0 Å². The Kier molecular flexibility index (Phi) is 3.73. The van der Waals surface area contributed by atoms with Crippen LogP contribution < -0.4 is 5.46 Å². The van der Waals surface area contributed by atoms with Gasteiger partial charge in [-0.15, -0.1) is 0 Å². The van der Waals surface area contributed by atoms with E-state index < -0.39 is 18.3 Å². The molecule has 0 spiro atoms. The Morgan fingerprint density at radius 2 is 1.61 bits per heavy atom. The topological polar surface area (TPSA) is 44.8 Å². The molecule has 2 aromatic rings. The Labute approximate surface area is 136 Å². The minimum absolute atomic E-state index is 0.383. The highest BCUT2D eigenvalue weighted by atomic mass is 16.7. The first-order valence-corrected chi connectivity index (χ1v) is 7.72. The van der Waals surface area contributed by atoms with Gasteiger partial charge in [0.2, 0.25) is 0 Å². The van der Waals surface area contributed by atoms with E-state index >= 15 is 0 Å². The normalized spacial score (nSPS) is 19.1. The van der Waals surface area contributed by atoms with Gasteiger partial charge in [-0.1, -0.05) is 36.4 Å². The van der Waals surface area contributed by atoms with Gasteiger partial charge < -0.3 is 14.0 Å². The number of esters is 1. The lowest BCUT2D eigenvalue weighted by Gasteiger charge is -2.32. The van der Waals surface area contributed by atoms with Crippen molar-refractivity contribution in [2.75, 3.05) is 7.11 Å². The molecule has 0 bridgehead atoms. The molecule has 1 fully saturated rings. The van der Waals surface area contributed by atoms with Crippen LogP contribution in [-0.2, 0) is 14.0 Å². The number of carbonyl (C=O) groups is 1. The first kappa shape index (κ1) is 16.0. The third-order valence-corrected chi connectivity index (χ3v) is 4.86. The molecule has 0 aromatic heterocycles. The van der Waals surface area contributed by atoms with E-state index in [1.54, 1.807) is 0 Å². The van der Waals surface area contributed by atoms with Crippen LogP contribution in [0.15, 0.2) is 36.4 Å². The van der Waals surface area contributed by atoms with Crippen molar-refractivity contribution < 1.29 is 18.8 Å². The van der Waals surface area contributed by atoms with Crippen molar-refractivity contribution in [3.05, 3.63) is 42.0 Å². The summed E-state index contributed by atoms with van der Waals surface area (Å²) in [7, 11) is 0.789. The molecule has 1 heterocycles. The van der Waals surface area contributed by atoms with E-state index in [1.807, 2.05) is 64.1 Å². The van der Waals surface area contributed by atoms with Gasteiger partial charge in [0.05, 0.1) is 23.9 Å². The van der Waals surface area contributed by atoms with E-state index in [0.29, 0.717) is 11.0 Å².